The molecule has 1 unspecified atom stereocenters. The van der Waals surface area contributed by atoms with Crippen LogP contribution in [0.1, 0.15) is 55.8 Å². The number of rotatable bonds is 7. The van der Waals surface area contributed by atoms with Crippen LogP contribution in [0.2, 0.25) is 0 Å². The number of nitrogens with zero attached hydrogens (tertiary/aromatic N) is 3. The van der Waals surface area contributed by atoms with Crippen molar-refractivity contribution < 1.29 is 23.1 Å². The Hall–Kier alpha value is -1.98. The average Bonchev–Trinajstić information content (AvgIpc) is 3.33. The summed E-state index contributed by atoms with van der Waals surface area (Å²) in [6.45, 7) is -0.242. The molecule has 2 aromatic rings. The quantitative estimate of drug-likeness (QED) is 0.601. The first-order chi connectivity index (χ1) is 14.3. The van der Waals surface area contributed by atoms with Gasteiger partial charge in [0.15, 0.2) is 0 Å². The highest BCUT2D eigenvalue weighted by molar-refractivity contribution is 9.10. The lowest BCUT2D eigenvalue weighted by Gasteiger charge is -2.24. The lowest BCUT2D eigenvalue weighted by Crippen LogP contribution is -2.31. The van der Waals surface area contributed by atoms with Crippen LogP contribution in [-0.4, -0.2) is 40.4 Å². The van der Waals surface area contributed by atoms with E-state index in [0.29, 0.717) is 23.2 Å². The number of carboxylic acid groups (broad SMARTS) is 1. The third-order valence-corrected chi connectivity index (χ3v) is 7.53. The molecule has 1 fully saturated rings. The van der Waals surface area contributed by atoms with Gasteiger partial charge >= 0.3 is 5.97 Å². The largest absolute Gasteiger partial charge is 0.480 e. The van der Waals surface area contributed by atoms with E-state index in [9.17, 15) is 13.2 Å². The SMILES string of the molecule is O=C(O)Cn1ncc2c1CCCC2NS(=O)(=O)c1cnc(OC2CCCC2)c(Br)c1. The minimum Gasteiger partial charge on any atom is -0.480 e. The topological polar surface area (TPSA) is 123 Å². The van der Waals surface area contributed by atoms with Gasteiger partial charge in [-0.2, -0.15) is 5.10 Å². The zero-order chi connectivity index (χ0) is 21.3. The first-order valence-electron chi connectivity index (χ1n) is 9.94. The summed E-state index contributed by atoms with van der Waals surface area (Å²) < 4.78 is 36.5. The maximum atomic E-state index is 13.0. The molecule has 4 rings (SSSR count). The Kier molecular flexibility index (Phi) is 6.12. The lowest BCUT2D eigenvalue weighted by atomic mass is 9.94. The number of aromatic nitrogens is 3. The van der Waals surface area contributed by atoms with Crippen LogP contribution >= 0.6 is 15.9 Å². The fourth-order valence-electron chi connectivity index (χ4n) is 4.07. The van der Waals surface area contributed by atoms with Crippen molar-refractivity contribution in [3.05, 3.63) is 34.2 Å². The van der Waals surface area contributed by atoms with Crippen molar-refractivity contribution in [3.8, 4) is 5.88 Å². The number of hydrogen-bond donors (Lipinski definition) is 2. The van der Waals surface area contributed by atoms with Crippen LogP contribution in [0.15, 0.2) is 27.8 Å². The Labute approximate surface area is 183 Å². The molecule has 2 aromatic heterocycles. The Balaban J connectivity index is 1.52. The maximum Gasteiger partial charge on any atom is 0.325 e. The summed E-state index contributed by atoms with van der Waals surface area (Å²) in [4.78, 5) is 15.3. The van der Waals surface area contributed by atoms with Gasteiger partial charge in [0, 0.05) is 11.3 Å². The molecular weight excluding hydrogens is 476 g/mol. The zero-order valence-corrected chi connectivity index (χ0v) is 18.7. The molecule has 2 aliphatic carbocycles. The van der Waals surface area contributed by atoms with E-state index in [1.165, 1.54) is 16.9 Å². The van der Waals surface area contributed by atoms with E-state index < -0.39 is 22.0 Å². The number of fused-ring (bicyclic) bond motifs is 1. The summed E-state index contributed by atoms with van der Waals surface area (Å²) in [7, 11) is -3.83. The summed E-state index contributed by atoms with van der Waals surface area (Å²) in [5.74, 6) is -0.588. The third-order valence-electron chi connectivity index (χ3n) is 5.52. The predicted molar refractivity (Wildman–Crippen MR) is 111 cm³/mol. The minimum atomic E-state index is -3.83. The molecule has 0 aliphatic heterocycles. The first-order valence-corrected chi connectivity index (χ1v) is 12.2. The number of ether oxygens (including phenoxy) is 1. The van der Waals surface area contributed by atoms with Crippen LogP contribution in [0.5, 0.6) is 5.88 Å². The van der Waals surface area contributed by atoms with Crippen LogP contribution in [0.4, 0.5) is 0 Å². The number of carbonyl (C=O) groups is 1. The molecule has 1 atom stereocenters. The van der Waals surface area contributed by atoms with Crippen molar-refractivity contribution in [1.82, 2.24) is 19.5 Å². The van der Waals surface area contributed by atoms with E-state index in [1.807, 2.05) is 0 Å². The monoisotopic (exact) mass is 498 g/mol. The van der Waals surface area contributed by atoms with E-state index in [4.69, 9.17) is 9.84 Å². The molecule has 2 aliphatic rings. The van der Waals surface area contributed by atoms with Gasteiger partial charge in [0.05, 0.1) is 22.9 Å². The van der Waals surface area contributed by atoms with Crippen LogP contribution in [0.3, 0.4) is 0 Å². The molecule has 0 spiro atoms. The molecule has 2 N–H and O–H groups in total. The Bertz CT molecular complexity index is 1050. The molecule has 0 radical (unpaired) electrons. The molecule has 162 valence electrons. The Morgan fingerprint density at radius 3 is 2.73 bits per heavy atom. The summed E-state index contributed by atoms with van der Waals surface area (Å²) in [6.07, 6.45) is 9.22. The van der Waals surface area contributed by atoms with Gasteiger partial charge < -0.3 is 9.84 Å². The third kappa shape index (κ3) is 4.52. The van der Waals surface area contributed by atoms with E-state index in [2.05, 4.69) is 30.7 Å². The van der Waals surface area contributed by atoms with Crippen LogP contribution in [0, 0.1) is 0 Å². The summed E-state index contributed by atoms with van der Waals surface area (Å²) in [6, 6.07) is 1.03. The number of pyridine rings is 1. The average molecular weight is 499 g/mol. The number of sulfonamides is 1. The second kappa shape index (κ2) is 8.64. The number of nitrogens with one attached hydrogen (secondary N) is 1. The van der Waals surface area contributed by atoms with Crippen LogP contribution < -0.4 is 9.46 Å². The molecule has 9 nitrogen and oxygen atoms in total. The molecule has 0 amide bonds. The fraction of sp³-hybridized carbons (Fsp3) is 0.526. The number of carboxylic acids is 1. The molecule has 0 bridgehead atoms. The predicted octanol–water partition coefficient (Wildman–Crippen LogP) is 2.80. The van der Waals surface area contributed by atoms with Gasteiger partial charge in [-0.1, -0.05) is 0 Å². The Morgan fingerprint density at radius 2 is 2.03 bits per heavy atom. The fourth-order valence-corrected chi connectivity index (χ4v) is 5.88. The molecule has 11 heteroatoms. The van der Waals surface area contributed by atoms with Crippen LogP contribution in [0.25, 0.3) is 0 Å². The van der Waals surface area contributed by atoms with E-state index >= 15 is 0 Å². The summed E-state index contributed by atoms with van der Waals surface area (Å²) >= 11 is 3.38. The minimum absolute atomic E-state index is 0.0400. The van der Waals surface area contributed by atoms with Gasteiger partial charge in [0.25, 0.3) is 0 Å². The second-order valence-corrected chi connectivity index (χ2v) is 10.2. The zero-order valence-electron chi connectivity index (χ0n) is 16.3. The van der Waals surface area contributed by atoms with Gasteiger partial charge in [-0.3, -0.25) is 9.48 Å². The second-order valence-electron chi connectivity index (χ2n) is 7.65. The highest BCUT2D eigenvalue weighted by Gasteiger charge is 2.29. The Morgan fingerprint density at radius 1 is 1.27 bits per heavy atom. The smallest absolute Gasteiger partial charge is 0.325 e. The normalized spacial score (nSPS) is 19.6. The molecule has 1 saturated carbocycles. The van der Waals surface area contributed by atoms with E-state index in [-0.39, 0.29) is 17.5 Å². The highest BCUT2D eigenvalue weighted by atomic mass is 79.9. The van der Waals surface area contributed by atoms with Crippen molar-refractivity contribution in [3.63, 3.8) is 0 Å². The van der Waals surface area contributed by atoms with Crippen LogP contribution in [-0.2, 0) is 27.8 Å². The molecule has 0 aromatic carbocycles. The molecule has 30 heavy (non-hydrogen) atoms. The van der Waals surface area contributed by atoms with Gasteiger partial charge in [0.2, 0.25) is 15.9 Å². The molecule has 0 saturated heterocycles. The number of halogens is 1. The van der Waals surface area contributed by atoms with Crippen molar-refractivity contribution in [2.75, 3.05) is 0 Å². The molecular formula is C19H23BrN4O5S. The highest BCUT2D eigenvalue weighted by Crippen LogP contribution is 2.33. The lowest BCUT2D eigenvalue weighted by molar-refractivity contribution is -0.137. The van der Waals surface area contributed by atoms with Gasteiger partial charge in [0.1, 0.15) is 17.5 Å². The van der Waals surface area contributed by atoms with Gasteiger partial charge in [-0.15, -0.1) is 0 Å². The van der Waals surface area contributed by atoms with E-state index in [0.717, 1.165) is 43.4 Å². The standard InChI is InChI=1S/C19H23BrN4O5S/c20-15-8-13(9-21-19(15)29-12-4-1-2-5-12)30(27,28)23-16-6-3-7-17-14(16)10-22-24(17)11-18(25)26/h8-10,12,16,23H,1-7,11H2,(H,25,26). The number of aliphatic carboxylic acids is 1. The van der Waals surface area contributed by atoms with Crippen molar-refractivity contribution >= 4 is 31.9 Å². The van der Waals surface area contributed by atoms with Crippen molar-refractivity contribution in [1.29, 1.82) is 0 Å². The summed E-state index contributed by atoms with van der Waals surface area (Å²) in [5, 5.41) is 13.2. The molecule has 2 heterocycles. The first kappa shape index (κ1) is 21.3. The van der Waals surface area contributed by atoms with Crippen molar-refractivity contribution in [2.45, 2.75) is 68.5 Å². The number of hydrogen-bond acceptors (Lipinski definition) is 6. The van der Waals surface area contributed by atoms with E-state index in [1.54, 1.807) is 6.20 Å². The van der Waals surface area contributed by atoms with Gasteiger partial charge in [-0.25, -0.2) is 18.1 Å². The van der Waals surface area contributed by atoms with Crippen molar-refractivity contribution in [2.24, 2.45) is 0 Å². The maximum absolute atomic E-state index is 13.0. The van der Waals surface area contributed by atoms with Gasteiger partial charge in [-0.05, 0) is 66.9 Å². The summed E-state index contributed by atoms with van der Waals surface area (Å²) in [5.41, 5.74) is 1.48.